The number of hydrogen-bond donors (Lipinski definition) is 0. The second-order valence-electron chi connectivity index (χ2n) is 14.9. The van der Waals surface area contributed by atoms with E-state index in [-0.39, 0.29) is 0 Å². The molecule has 11 rings (SSSR count). The van der Waals surface area contributed by atoms with E-state index in [4.69, 9.17) is 4.42 Å². The average Bonchev–Trinajstić information content (AvgIpc) is 3.83. The van der Waals surface area contributed by atoms with Crippen molar-refractivity contribution in [2.45, 2.75) is 0 Å². The molecule has 0 aliphatic carbocycles. The van der Waals surface area contributed by atoms with Crippen molar-refractivity contribution >= 4 is 72.6 Å². The van der Waals surface area contributed by atoms with Crippen LogP contribution in [0.25, 0.3) is 71.7 Å². The first kappa shape index (κ1) is 33.2. The summed E-state index contributed by atoms with van der Waals surface area (Å²) in [5.74, 6) is 0. The van der Waals surface area contributed by atoms with Crippen LogP contribution in [0.15, 0.2) is 229 Å². The number of aromatic nitrogens is 1. The highest BCUT2D eigenvalue weighted by atomic mass is 28.3. The Morgan fingerprint density at radius 3 is 1.32 bits per heavy atom. The topological polar surface area (TPSA) is 18.1 Å². The predicted octanol–water partition coefficient (Wildman–Crippen LogP) is 11.4. The molecule has 0 spiro atoms. The van der Waals surface area contributed by atoms with Gasteiger partial charge in [0.25, 0.3) is 0 Å². The normalized spacial score (nSPS) is 11.9. The molecule has 0 saturated heterocycles. The first-order chi connectivity index (χ1) is 28.3. The molecule has 0 radical (unpaired) electrons. The Morgan fingerprint density at radius 1 is 0.298 bits per heavy atom. The molecule has 2 aromatic heterocycles. The van der Waals surface area contributed by atoms with E-state index < -0.39 is 8.07 Å². The maximum atomic E-state index is 6.47. The molecular weight excluding hydrogens is 707 g/mol. The molecule has 3 heteroatoms. The Morgan fingerprint density at radius 2 is 0.737 bits per heavy atom. The lowest BCUT2D eigenvalue weighted by atomic mass is 9.99. The smallest absolute Gasteiger partial charge is 0.179 e. The van der Waals surface area contributed by atoms with E-state index in [0.29, 0.717) is 0 Å². The van der Waals surface area contributed by atoms with Crippen molar-refractivity contribution in [3.8, 4) is 27.9 Å². The highest BCUT2D eigenvalue weighted by molar-refractivity contribution is 7.19. The van der Waals surface area contributed by atoms with Gasteiger partial charge < -0.3 is 8.98 Å². The highest BCUT2D eigenvalue weighted by Crippen LogP contribution is 2.38. The summed E-state index contributed by atoms with van der Waals surface area (Å²) >= 11 is 0. The number of furan rings is 1. The molecule has 0 bridgehead atoms. The Balaban J connectivity index is 1.05. The molecule has 0 aliphatic heterocycles. The van der Waals surface area contributed by atoms with E-state index >= 15 is 0 Å². The molecule has 2 heterocycles. The summed E-state index contributed by atoms with van der Waals surface area (Å²) in [6, 6.07) is 82.1. The zero-order valence-corrected chi connectivity index (χ0v) is 32.2. The van der Waals surface area contributed by atoms with Crippen LogP contribution in [0, 0.1) is 0 Å². The maximum absolute atomic E-state index is 6.47. The molecule has 0 N–H and O–H groups in total. The van der Waals surface area contributed by atoms with Crippen LogP contribution >= 0.6 is 0 Å². The van der Waals surface area contributed by atoms with Crippen LogP contribution in [0.2, 0.25) is 0 Å². The molecule has 9 aromatic carbocycles. The number of para-hydroxylation sites is 2. The summed E-state index contributed by atoms with van der Waals surface area (Å²) in [4.78, 5) is 0. The Labute approximate surface area is 332 Å². The predicted molar refractivity (Wildman–Crippen MR) is 243 cm³/mol. The third kappa shape index (κ3) is 5.39. The van der Waals surface area contributed by atoms with Gasteiger partial charge in [0.05, 0.1) is 11.0 Å². The summed E-state index contributed by atoms with van der Waals surface area (Å²) in [6.07, 6.45) is 0. The lowest BCUT2D eigenvalue weighted by molar-refractivity contribution is 0.669. The zero-order chi connectivity index (χ0) is 37.8. The van der Waals surface area contributed by atoms with Crippen LogP contribution < -0.4 is 20.7 Å². The van der Waals surface area contributed by atoms with Crippen molar-refractivity contribution in [1.29, 1.82) is 0 Å². The number of hydrogen-bond acceptors (Lipinski definition) is 1. The number of fused-ring (bicyclic) bond motifs is 6. The zero-order valence-electron chi connectivity index (χ0n) is 31.2. The number of rotatable bonds is 7. The van der Waals surface area contributed by atoms with Gasteiger partial charge in [0.15, 0.2) is 8.07 Å². The van der Waals surface area contributed by atoms with Crippen molar-refractivity contribution in [2.75, 3.05) is 0 Å². The monoisotopic (exact) mass is 743 g/mol. The van der Waals surface area contributed by atoms with Gasteiger partial charge in [-0.15, -0.1) is 0 Å². The van der Waals surface area contributed by atoms with Gasteiger partial charge in [-0.25, -0.2) is 0 Å². The average molecular weight is 744 g/mol. The van der Waals surface area contributed by atoms with Gasteiger partial charge in [-0.05, 0) is 97.6 Å². The minimum Gasteiger partial charge on any atom is -0.456 e. The van der Waals surface area contributed by atoms with Crippen molar-refractivity contribution in [2.24, 2.45) is 0 Å². The minimum absolute atomic E-state index is 0.894. The van der Waals surface area contributed by atoms with Gasteiger partial charge in [0.2, 0.25) is 0 Å². The SMILES string of the molecule is c1ccc(-n2c3ccccc3c3cc(-c4ccc5oc6ccc(-c7cccc([Si](c8ccccc8)(c8ccccc8)c8ccccc8)c7)cc6c5c4)ccc32)cc1. The van der Waals surface area contributed by atoms with Crippen LogP contribution in [-0.2, 0) is 0 Å². The fraction of sp³-hybridized carbons (Fsp3) is 0. The molecule has 2 nitrogen and oxygen atoms in total. The summed E-state index contributed by atoms with van der Waals surface area (Å²) in [6.45, 7) is 0. The van der Waals surface area contributed by atoms with Gasteiger partial charge in [-0.2, -0.15) is 0 Å². The first-order valence-corrected chi connectivity index (χ1v) is 21.6. The molecule has 0 atom stereocenters. The third-order valence-electron chi connectivity index (χ3n) is 11.7. The van der Waals surface area contributed by atoms with Crippen LogP contribution in [0.5, 0.6) is 0 Å². The highest BCUT2D eigenvalue weighted by Gasteiger charge is 2.41. The lowest BCUT2D eigenvalue weighted by Gasteiger charge is -2.34. The van der Waals surface area contributed by atoms with Crippen LogP contribution in [0.1, 0.15) is 0 Å². The van der Waals surface area contributed by atoms with E-state index in [9.17, 15) is 0 Å². The van der Waals surface area contributed by atoms with Crippen LogP contribution in [-0.4, -0.2) is 12.6 Å². The molecule has 268 valence electrons. The molecule has 0 amide bonds. The van der Waals surface area contributed by atoms with E-state index in [1.165, 1.54) is 64.8 Å². The molecule has 0 saturated carbocycles. The van der Waals surface area contributed by atoms with Gasteiger partial charge in [-0.1, -0.05) is 170 Å². The van der Waals surface area contributed by atoms with E-state index in [1.54, 1.807) is 0 Å². The first-order valence-electron chi connectivity index (χ1n) is 19.6. The van der Waals surface area contributed by atoms with Gasteiger partial charge >= 0.3 is 0 Å². The standard InChI is InChI=1S/C54H37NOSi/c1-5-17-42(18-6-1)55-51-27-14-13-26-47(51)48-35-39(28-31-52(48)55)41-30-33-54-50(37-41)49-36-40(29-32-53(49)56-54)38-16-15-25-46(34-38)57(43-19-7-2-8-20-43,44-21-9-3-10-22-44)45-23-11-4-12-24-45/h1-37H. The van der Waals surface area contributed by atoms with Crippen molar-refractivity contribution in [3.05, 3.63) is 224 Å². The van der Waals surface area contributed by atoms with Crippen LogP contribution in [0.3, 0.4) is 0 Å². The number of nitrogens with zero attached hydrogens (tertiary/aromatic N) is 1. The summed E-state index contributed by atoms with van der Waals surface area (Å²) in [7, 11) is -2.67. The summed E-state index contributed by atoms with van der Waals surface area (Å²) < 4.78 is 8.83. The lowest BCUT2D eigenvalue weighted by Crippen LogP contribution is -2.74. The third-order valence-corrected chi connectivity index (χ3v) is 16.5. The maximum Gasteiger partial charge on any atom is 0.179 e. The molecule has 0 aliphatic rings. The molecule has 57 heavy (non-hydrogen) atoms. The molecule has 11 aromatic rings. The second-order valence-corrected chi connectivity index (χ2v) is 18.7. The van der Waals surface area contributed by atoms with Gasteiger partial charge in [0, 0.05) is 27.2 Å². The summed E-state index contributed by atoms with van der Waals surface area (Å²) in [5, 5.41) is 10.2. The molecular formula is C54H37NOSi. The van der Waals surface area contributed by atoms with E-state index in [0.717, 1.165) is 27.6 Å². The Bertz CT molecular complexity index is 3120. The van der Waals surface area contributed by atoms with Gasteiger partial charge in [-0.3, -0.25) is 0 Å². The van der Waals surface area contributed by atoms with E-state index in [1.807, 2.05) is 0 Å². The minimum atomic E-state index is -2.67. The van der Waals surface area contributed by atoms with Crippen molar-refractivity contribution in [1.82, 2.24) is 4.57 Å². The summed E-state index contributed by atoms with van der Waals surface area (Å²) in [5.41, 5.74) is 10.1. The quantitative estimate of drug-likeness (QED) is 0.117. The molecule has 0 unspecified atom stereocenters. The number of benzene rings is 9. The fourth-order valence-corrected chi connectivity index (χ4v) is 13.9. The molecule has 0 fully saturated rings. The largest absolute Gasteiger partial charge is 0.456 e. The fourth-order valence-electron chi connectivity index (χ4n) is 9.14. The second kappa shape index (κ2) is 13.5. The van der Waals surface area contributed by atoms with Crippen molar-refractivity contribution in [3.63, 3.8) is 0 Å². The Kier molecular flexibility index (Phi) is 7.87. The Hall–Kier alpha value is -7.20. The van der Waals surface area contributed by atoms with Gasteiger partial charge in [0.1, 0.15) is 11.2 Å². The van der Waals surface area contributed by atoms with E-state index in [2.05, 4.69) is 229 Å². The van der Waals surface area contributed by atoms with Crippen molar-refractivity contribution < 1.29 is 4.42 Å². The van der Waals surface area contributed by atoms with Crippen LogP contribution in [0.4, 0.5) is 0 Å².